The molecule has 6 nitrogen and oxygen atoms in total. The molecule has 0 fully saturated rings. The summed E-state index contributed by atoms with van der Waals surface area (Å²) in [5, 5.41) is 8.73. The summed E-state index contributed by atoms with van der Waals surface area (Å²) >= 11 is 0. The number of Topliss-reactive ketones (excluding diaryl/α,β-unsaturated/α-hetero) is 1. The van der Waals surface area contributed by atoms with Crippen molar-refractivity contribution in [3.05, 3.63) is 72.3 Å². The largest absolute Gasteiger partial charge is 0.489 e. The van der Waals surface area contributed by atoms with Crippen LogP contribution in [0.25, 0.3) is 0 Å². The third kappa shape index (κ3) is 6.81. The van der Waals surface area contributed by atoms with Crippen LogP contribution >= 0.6 is 0 Å². The number of aliphatic imine (C=N–C) groups is 1. The number of hydrogen-bond donors (Lipinski definition) is 1. The van der Waals surface area contributed by atoms with Gasteiger partial charge in [-0.05, 0) is 54.8 Å². The Morgan fingerprint density at radius 2 is 1.61 bits per heavy atom. The topological polar surface area (TPSA) is 85.2 Å². The Kier molecular flexibility index (Phi) is 7.98. The molecular weight excluding hydrogens is 394 g/mol. The molecule has 2 aromatic carbocycles. The smallest absolute Gasteiger partial charge is 0.303 e. The van der Waals surface area contributed by atoms with Gasteiger partial charge in [0.2, 0.25) is 5.78 Å². The summed E-state index contributed by atoms with van der Waals surface area (Å²) in [7, 11) is 0. The number of benzene rings is 2. The minimum atomic E-state index is -0.901. The molecule has 6 heteroatoms. The monoisotopic (exact) mass is 421 g/mol. The van der Waals surface area contributed by atoms with E-state index >= 15 is 0 Å². The van der Waals surface area contributed by atoms with Crippen LogP contribution in [0.2, 0.25) is 0 Å². The maximum Gasteiger partial charge on any atom is 0.303 e. The minimum Gasteiger partial charge on any atom is -0.489 e. The first-order chi connectivity index (χ1) is 15.1. The first kappa shape index (κ1) is 22.3. The zero-order valence-electron chi connectivity index (χ0n) is 17.4. The van der Waals surface area contributed by atoms with Crippen LogP contribution in [0.3, 0.4) is 0 Å². The van der Waals surface area contributed by atoms with E-state index in [0.29, 0.717) is 25.2 Å². The van der Waals surface area contributed by atoms with E-state index in [4.69, 9.17) is 14.6 Å². The zero-order chi connectivity index (χ0) is 21.9. The number of nitrogens with zero attached hydrogens (tertiary/aromatic N) is 1. The van der Waals surface area contributed by atoms with Crippen molar-refractivity contribution in [2.24, 2.45) is 4.99 Å². The maximum atomic E-state index is 12.8. The van der Waals surface area contributed by atoms with E-state index in [-0.39, 0.29) is 18.8 Å². The highest BCUT2D eigenvalue weighted by atomic mass is 16.5. The molecule has 31 heavy (non-hydrogen) atoms. The molecule has 1 unspecified atom stereocenters. The number of ether oxygens (including phenoxy) is 2. The highest BCUT2D eigenvalue weighted by Crippen LogP contribution is 2.27. The van der Waals surface area contributed by atoms with Crippen molar-refractivity contribution in [3.63, 3.8) is 0 Å². The summed E-state index contributed by atoms with van der Waals surface area (Å²) in [6.45, 7) is 0.403. The van der Waals surface area contributed by atoms with E-state index < -0.39 is 11.5 Å². The van der Waals surface area contributed by atoms with Gasteiger partial charge in [0.05, 0.1) is 0 Å². The fourth-order valence-electron chi connectivity index (χ4n) is 3.37. The number of rotatable bonds is 13. The lowest BCUT2D eigenvalue weighted by Gasteiger charge is -2.22. The second-order valence-electron chi connectivity index (χ2n) is 7.47. The van der Waals surface area contributed by atoms with Crippen molar-refractivity contribution >= 4 is 18.0 Å². The Balaban J connectivity index is 1.46. The van der Waals surface area contributed by atoms with Crippen molar-refractivity contribution in [3.8, 4) is 11.5 Å². The van der Waals surface area contributed by atoms with Crippen LogP contribution in [0.5, 0.6) is 11.5 Å². The van der Waals surface area contributed by atoms with Crippen LogP contribution in [-0.2, 0) is 16.2 Å². The van der Waals surface area contributed by atoms with Gasteiger partial charge in [0.25, 0.3) is 0 Å². The number of carboxylic acid groups (broad SMARTS) is 1. The van der Waals surface area contributed by atoms with Crippen LogP contribution in [0, 0.1) is 0 Å². The van der Waals surface area contributed by atoms with Crippen molar-refractivity contribution in [2.45, 2.75) is 44.2 Å². The predicted molar refractivity (Wildman–Crippen MR) is 119 cm³/mol. The quantitative estimate of drug-likeness (QED) is 0.477. The molecular formula is C25H27NO5. The minimum absolute atomic E-state index is 0.0823. The summed E-state index contributed by atoms with van der Waals surface area (Å²) < 4.78 is 11.5. The fraction of sp³-hybridized carbons (Fsp3) is 0.320. The van der Waals surface area contributed by atoms with Gasteiger partial charge < -0.3 is 14.6 Å². The second-order valence-corrected chi connectivity index (χ2v) is 7.47. The van der Waals surface area contributed by atoms with Crippen molar-refractivity contribution in [1.29, 1.82) is 0 Å². The van der Waals surface area contributed by atoms with Crippen molar-refractivity contribution < 1.29 is 24.2 Å². The number of allylic oxidation sites excluding steroid dienone is 1. The van der Waals surface area contributed by atoms with Gasteiger partial charge in [-0.3, -0.25) is 14.6 Å². The lowest BCUT2D eigenvalue weighted by atomic mass is 9.89. The zero-order valence-corrected chi connectivity index (χ0v) is 17.4. The molecule has 0 radical (unpaired) electrons. The van der Waals surface area contributed by atoms with E-state index in [1.165, 1.54) is 0 Å². The number of hydrogen-bond acceptors (Lipinski definition) is 5. The van der Waals surface area contributed by atoms with Gasteiger partial charge in [0, 0.05) is 12.6 Å². The van der Waals surface area contributed by atoms with E-state index in [1.807, 2.05) is 42.5 Å². The molecule has 0 spiro atoms. The highest BCUT2D eigenvalue weighted by Gasteiger charge is 2.36. The number of carbonyl (C=O) groups is 2. The Morgan fingerprint density at radius 3 is 2.26 bits per heavy atom. The molecule has 0 amide bonds. The van der Waals surface area contributed by atoms with E-state index in [0.717, 1.165) is 24.2 Å². The van der Waals surface area contributed by atoms with Gasteiger partial charge in [-0.15, -0.1) is 0 Å². The lowest BCUT2D eigenvalue weighted by molar-refractivity contribution is -0.137. The average Bonchev–Trinajstić information content (AvgIpc) is 3.27. The van der Waals surface area contributed by atoms with Gasteiger partial charge in [0.1, 0.15) is 30.3 Å². The molecule has 1 aliphatic rings. The molecule has 1 aliphatic heterocycles. The SMILES string of the molecule is O=C(O)CCCCCC1(C(=O)COc2ccc(OCc3ccccc3)cc2)C=CC=N1. The van der Waals surface area contributed by atoms with Gasteiger partial charge in [-0.1, -0.05) is 43.2 Å². The van der Waals surface area contributed by atoms with Crippen LogP contribution in [0.15, 0.2) is 71.7 Å². The van der Waals surface area contributed by atoms with E-state index in [9.17, 15) is 9.59 Å². The normalized spacial score (nSPS) is 16.9. The molecule has 1 atom stereocenters. The van der Waals surface area contributed by atoms with Crippen molar-refractivity contribution in [1.82, 2.24) is 0 Å². The van der Waals surface area contributed by atoms with Crippen molar-refractivity contribution in [2.75, 3.05) is 6.61 Å². The number of aliphatic carboxylic acids is 1. The molecule has 2 aromatic rings. The lowest BCUT2D eigenvalue weighted by Crippen LogP contribution is -2.37. The first-order valence-corrected chi connectivity index (χ1v) is 10.5. The molecule has 0 saturated heterocycles. The molecule has 0 bridgehead atoms. The second kappa shape index (κ2) is 11.1. The molecule has 0 aromatic heterocycles. The standard InChI is InChI=1S/C25H27NO5/c27-23(25(16-7-17-26-25)15-6-2-5-10-24(28)29)19-31-22-13-11-21(12-14-22)30-18-20-8-3-1-4-9-20/h1,3-4,7-9,11-14,16-17H,2,5-6,10,15,18-19H2,(H,28,29). The maximum absolute atomic E-state index is 12.8. The van der Waals surface area contributed by atoms with E-state index in [1.54, 1.807) is 30.5 Å². The molecule has 0 aliphatic carbocycles. The van der Waals surface area contributed by atoms with Gasteiger partial charge in [0.15, 0.2) is 0 Å². The molecule has 0 saturated carbocycles. The van der Waals surface area contributed by atoms with E-state index in [2.05, 4.69) is 4.99 Å². The number of carboxylic acids is 1. The third-order valence-electron chi connectivity index (χ3n) is 5.14. The summed E-state index contributed by atoms with van der Waals surface area (Å²) in [4.78, 5) is 27.8. The Morgan fingerprint density at radius 1 is 0.903 bits per heavy atom. The number of unbranched alkanes of at least 4 members (excludes halogenated alkanes) is 2. The van der Waals surface area contributed by atoms with Gasteiger partial charge in [-0.25, -0.2) is 0 Å². The Labute approximate surface area is 182 Å². The molecule has 162 valence electrons. The summed E-state index contributed by atoms with van der Waals surface area (Å²) in [5.41, 5.74) is 0.189. The van der Waals surface area contributed by atoms with Gasteiger partial charge >= 0.3 is 5.97 Å². The van der Waals surface area contributed by atoms with Crippen LogP contribution in [-0.4, -0.2) is 35.2 Å². The number of carbonyl (C=O) groups excluding carboxylic acids is 1. The van der Waals surface area contributed by atoms with Crippen LogP contribution < -0.4 is 9.47 Å². The van der Waals surface area contributed by atoms with Crippen LogP contribution in [0.4, 0.5) is 0 Å². The molecule has 1 N–H and O–H groups in total. The van der Waals surface area contributed by atoms with Crippen LogP contribution in [0.1, 0.15) is 37.7 Å². The number of ketones is 1. The first-order valence-electron chi connectivity index (χ1n) is 10.5. The summed E-state index contributed by atoms with van der Waals surface area (Å²) in [5.74, 6) is 0.404. The average molecular weight is 421 g/mol. The Hall–Kier alpha value is -3.41. The molecule has 3 rings (SSSR count). The Bertz CT molecular complexity index is 907. The molecule has 1 heterocycles. The summed E-state index contributed by atoms with van der Waals surface area (Å²) in [6.07, 6.45) is 7.98. The fourth-order valence-corrected chi connectivity index (χ4v) is 3.37. The highest BCUT2D eigenvalue weighted by molar-refractivity contribution is 5.96. The third-order valence-corrected chi connectivity index (χ3v) is 5.14. The predicted octanol–water partition coefficient (Wildman–Crippen LogP) is 4.63. The summed E-state index contributed by atoms with van der Waals surface area (Å²) in [6, 6.07) is 17.1. The van der Waals surface area contributed by atoms with Gasteiger partial charge in [-0.2, -0.15) is 0 Å².